The van der Waals surface area contributed by atoms with Crippen LogP contribution in [0.25, 0.3) is 11.0 Å². The number of carbonyl (C=O) groups is 1. The van der Waals surface area contributed by atoms with Gasteiger partial charge in [-0.25, -0.2) is 0 Å². The molecule has 102 valence electrons. The standard InChI is InChI=1S/C14H18N2O3/c1-16(2)13(17)9-15-8-11-7-10-5-4-6-12(18-3)14(10)19-11/h4-7,15H,8-9H2,1-3H3. The predicted molar refractivity (Wildman–Crippen MR) is 73.2 cm³/mol. The number of ether oxygens (including phenoxy) is 1. The highest BCUT2D eigenvalue weighted by Crippen LogP contribution is 2.28. The zero-order chi connectivity index (χ0) is 13.8. The Labute approximate surface area is 112 Å². The fraction of sp³-hybridized carbons (Fsp3) is 0.357. The van der Waals surface area contributed by atoms with Crippen molar-refractivity contribution in [2.75, 3.05) is 27.7 Å². The van der Waals surface area contributed by atoms with Gasteiger partial charge in [0.15, 0.2) is 11.3 Å². The van der Waals surface area contributed by atoms with Crippen molar-refractivity contribution < 1.29 is 13.9 Å². The molecule has 0 saturated carbocycles. The van der Waals surface area contributed by atoms with Crippen molar-refractivity contribution in [3.63, 3.8) is 0 Å². The van der Waals surface area contributed by atoms with Crippen molar-refractivity contribution in [1.82, 2.24) is 10.2 Å². The number of amides is 1. The third-order valence-corrected chi connectivity index (χ3v) is 2.85. The number of likely N-dealkylation sites (N-methyl/N-ethyl adjacent to an activating group) is 1. The van der Waals surface area contributed by atoms with Gasteiger partial charge in [0.05, 0.1) is 20.2 Å². The highest BCUT2D eigenvalue weighted by molar-refractivity contribution is 5.83. The molecule has 1 aromatic carbocycles. The van der Waals surface area contributed by atoms with Crippen LogP contribution in [0.15, 0.2) is 28.7 Å². The lowest BCUT2D eigenvalue weighted by molar-refractivity contribution is -0.127. The van der Waals surface area contributed by atoms with Crippen molar-refractivity contribution in [3.05, 3.63) is 30.0 Å². The minimum Gasteiger partial charge on any atom is -0.493 e. The number of nitrogens with one attached hydrogen (secondary N) is 1. The molecule has 0 aliphatic rings. The molecule has 0 atom stereocenters. The van der Waals surface area contributed by atoms with Crippen molar-refractivity contribution in [2.45, 2.75) is 6.54 Å². The maximum atomic E-state index is 11.4. The maximum Gasteiger partial charge on any atom is 0.236 e. The number of para-hydroxylation sites is 1. The van der Waals surface area contributed by atoms with Gasteiger partial charge in [-0.1, -0.05) is 12.1 Å². The first kappa shape index (κ1) is 13.4. The highest BCUT2D eigenvalue weighted by Gasteiger charge is 2.09. The van der Waals surface area contributed by atoms with Gasteiger partial charge in [-0.15, -0.1) is 0 Å². The Kier molecular flexibility index (Phi) is 4.06. The Morgan fingerprint density at radius 3 is 2.89 bits per heavy atom. The topological polar surface area (TPSA) is 54.7 Å². The van der Waals surface area contributed by atoms with E-state index in [2.05, 4.69) is 5.32 Å². The monoisotopic (exact) mass is 262 g/mol. The molecule has 0 bridgehead atoms. The van der Waals surface area contributed by atoms with Gasteiger partial charge in [-0.05, 0) is 12.1 Å². The number of hydrogen-bond donors (Lipinski definition) is 1. The zero-order valence-electron chi connectivity index (χ0n) is 11.4. The lowest BCUT2D eigenvalue weighted by Gasteiger charge is -2.09. The van der Waals surface area contributed by atoms with Crippen LogP contribution < -0.4 is 10.1 Å². The number of rotatable bonds is 5. The van der Waals surface area contributed by atoms with E-state index in [1.54, 1.807) is 26.1 Å². The molecule has 0 aliphatic carbocycles. The number of carbonyl (C=O) groups excluding carboxylic acids is 1. The molecule has 5 heteroatoms. The van der Waals surface area contributed by atoms with E-state index in [1.807, 2.05) is 24.3 Å². The molecule has 2 aromatic rings. The first-order valence-corrected chi connectivity index (χ1v) is 6.08. The number of hydrogen-bond acceptors (Lipinski definition) is 4. The molecule has 1 amide bonds. The molecule has 0 unspecified atom stereocenters. The molecule has 0 saturated heterocycles. The van der Waals surface area contributed by atoms with Crippen LogP contribution >= 0.6 is 0 Å². The molecule has 0 aliphatic heterocycles. The van der Waals surface area contributed by atoms with Gasteiger partial charge < -0.3 is 19.4 Å². The predicted octanol–water partition coefficient (Wildman–Crippen LogP) is 1.62. The first-order valence-electron chi connectivity index (χ1n) is 6.08. The van der Waals surface area contributed by atoms with Crippen molar-refractivity contribution >= 4 is 16.9 Å². The third-order valence-electron chi connectivity index (χ3n) is 2.85. The number of nitrogens with zero attached hydrogens (tertiary/aromatic N) is 1. The summed E-state index contributed by atoms with van der Waals surface area (Å²) >= 11 is 0. The summed E-state index contributed by atoms with van der Waals surface area (Å²) in [6, 6.07) is 7.70. The summed E-state index contributed by atoms with van der Waals surface area (Å²) in [5, 5.41) is 4.05. The summed E-state index contributed by atoms with van der Waals surface area (Å²) in [6.07, 6.45) is 0. The van der Waals surface area contributed by atoms with E-state index < -0.39 is 0 Å². The van der Waals surface area contributed by atoms with Crippen LogP contribution in [-0.2, 0) is 11.3 Å². The summed E-state index contributed by atoms with van der Waals surface area (Å²) < 4.78 is 11.0. The van der Waals surface area contributed by atoms with Crippen molar-refractivity contribution in [2.24, 2.45) is 0 Å². The Morgan fingerprint density at radius 2 is 2.21 bits per heavy atom. The molecule has 19 heavy (non-hydrogen) atoms. The molecule has 1 heterocycles. The zero-order valence-corrected chi connectivity index (χ0v) is 11.4. The third kappa shape index (κ3) is 3.06. The summed E-state index contributed by atoms with van der Waals surface area (Å²) in [5.41, 5.74) is 0.737. The molecule has 0 fully saturated rings. The number of benzene rings is 1. The average Bonchev–Trinajstić information content (AvgIpc) is 2.80. The summed E-state index contributed by atoms with van der Waals surface area (Å²) in [6.45, 7) is 0.804. The Bertz CT molecular complexity index is 575. The molecular formula is C14H18N2O3. The quantitative estimate of drug-likeness (QED) is 0.889. The van der Waals surface area contributed by atoms with Gasteiger partial charge in [0.2, 0.25) is 5.91 Å². The Balaban J connectivity index is 2.04. The van der Waals surface area contributed by atoms with E-state index in [0.717, 1.165) is 16.7 Å². The molecule has 1 aromatic heterocycles. The van der Waals surface area contributed by atoms with Crippen LogP contribution in [0.5, 0.6) is 5.75 Å². The van der Waals surface area contributed by atoms with Crippen LogP contribution in [-0.4, -0.2) is 38.6 Å². The molecule has 0 spiro atoms. The SMILES string of the molecule is COc1cccc2cc(CNCC(=O)N(C)C)oc12. The number of methoxy groups -OCH3 is 1. The van der Waals surface area contributed by atoms with Crippen LogP contribution in [0, 0.1) is 0 Å². The normalized spacial score (nSPS) is 10.7. The Morgan fingerprint density at radius 1 is 1.42 bits per heavy atom. The minimum absolute atomic E-state index is 0.0358. The van der Waals surface area contributed by atoms with Crippen molar-refractivity contribution in [1.29, 1.82) is 0 Å². The van der Waals surface area contributed by atoms with E-state index in [-0.39, 0.29) is 5.91 Å². The average molecular weight is 262 g/mol. The molecule has 5 nitrogen and oxygen atoms in total. The van der Waals surface area contributed by atoms with Gasteiger partial charge in [-0.2, -0.15) is 0 Å². The van der Waals surface area contributed by atoms with E-state index in [0.29, 0.717) is 18.8 Å². The fourth-order valence-electron chi connectivity index (χ4n) is 1.79. The molecule has 0 radical (unpaired) electrons. The van der Waals surface area contributed by atoms with Gasteiger partial charge in [-0.3, -0.25) is 4.79 Å². The fourth-order valence-corrected chi connectivity index (χ4v) is 1.79. The maximum absolute atomic E-state index is 11.4. The van der Waals surface area contributed by atoms with Crippen molar-refractivity contribution in [3.8, 4) is 5.75 Å². The second kappa shape index (κ2) is 5.75. The minimum atomic E-state index is 0.0358. The lowest BCUT2D eigenvalue weighted by atomic mass is 10.2. The first-order chi connectivity index (χ1) is 9.11. The second-order valence-corrected chi connectivity index (χ2v) is 4.48. The van der Waals surface area contributed by atoms with Gasteiger partial charge in [0.1, 0.15) is 5.76 Å². The smallest absolute Gasteiger partial charge is 0.236 e. The van der Waals surface area contributed by atoms with E-state index >= 15 is 0 Å². The molecule has 2 rings (SSSR count). The summed E-state index contributed by atoms with van der Waals surface area (Å²) in [5.74, 6) is 1.54. The molecule has 1 N–H and O–H groups in total. The highest BCUT2D eigenvalue weighted by atomic mass is 16.5. The van der Waals surface area contributed by atoms with Crippen LogP contribution in [0.4, 0.5) is 0 Å². The summed E-state index contributed by atoms with van der Waals surface area (Å²) in [4.78, 5) is 13.0. The summed E-state index contributed by atoms with van der Waals surface area (Å²) in [7, 11) is 5.08. The molecular weight excluding hydrogens is 244 g/mol. The Hall–Kier alpha value is -2.01. The van der Waals surface area contributed by atoms with E-state index in [4.69, 9.17) is 9.15 Å². The van der Waals surface area contributed by atoms with Crippen LogP contribution in [0.3, 0.4) is 0 Å². The van der Waals surface area contributed by atoms with Gasteiger partial charge >= 0.3 is 0 Å². The second-order valence-electron chi connectivity index (χ2n) is 4.48. The van der Waals surface area contributed by atoms with Crippen LogP contribution in [0.2, 0.25) is 0 Å². The van der Waals surface area contributed by atoms with Crippen LogP contribution in [0.1, 0.15) is 5.76 Å². The van der Waals surface area contributed by atoms with Gasteiger partial charge in [0.25, 0.3) is 0 Å². The number of fused-ring (bicyclic) bond motifs is 1. The largest absolute Gasteiger partial charge is 0.493 e. The van der Waals surface area contributed by atoms with E-state index in [9.17, 15) is 4.79 Å². The van der Waals surface area contributed by atoms with E-state index in [1.165, 1.54) is 0 Å². The lowest BCUT2D eigenvalue weighted by Crippen LogP contribution is -2.32. The van der Waals surface area contributed by atoms with Gasteiger partial charge in [0, 0.05) is 19.5 Å². The number of furan rings is 1.